The van der Waals surface area contributed by atoms with Gasteiger partial charge in [-0.05, 0) is 121 Å². The highest BCUT2D eigenvalue weighted by Gasteiger charge is 2.41. The first kappa shape index (κ1) is 31.8. The van der Waals surface area contributed by atoms with Crippen LogP contribution in [0.4, 0.5) is 5.69 Å². The van der Waals surface area contributed by atoms with Crippen molar-refractivity contribution in [1.29, 1.82) is 0 Å². The second-order valence-corrected chi connectivity index (χ2v) is 13.2. The third kappa shape index (κ3) is 6.29. The maximum atomic E-state index is 6.17. The molecule has 3 heterocycles. The van der Waals surface area contributed by atoms with E-state index in [1.165, 1.54) is 22.3 Å². The lowest BCUT2D eigenvalue weighted by molar-refractivity contribution is 0.0379. The van der Waals surface area contributed by atoms with Crippen LogP contribution < -0.4 is 24.3 Å². The lowest BCUT2D eigenvalue weighted by Crippen LogP contribution is -2.48. The number of methoxy groups -OCH3 is 4. The highest BCUT2D eigenvalue weighted by Crippen LogP contribution is 2.49. The first-order valence-electron chi connectivity index (χ1n) is 15.9. The van der Waals surface area contributed by atoms with Gasteiger partial charge in [0.15, 0.2) is 28.1 Å². The first-order chi connectivity index (χ1) is 21.9. The van der Waals surface area contributed by atoms with Gasteiger partial charge in [-0.3, -0.25) is 4.90 Å². The molecule has 0 saturated carbocycles. The number of thiocarbonyl (C=S) groups is 1. The molecule has 4 unspecified atom stereocenters. The Balaban J connectivity index is 1.35. The second kappa shape index (κ2) is 13.7. The Morgan fingerprint density at radius 2 is 1.40 bits per heavy atom. The number of benzene rings is 3. The van der Waals surface area contributed by atoms with Gasteiger partial charge in [0, 0.05) is 36.4 Å². The molecule has 3 aromatic carbocycles. The average molecular weight is 650 g/mol. The van der Waals surface area contributed by atoms with E-state index in [0.717, 1.165) is 85.5 Å². The summed E-state index contributed by atoms with van der Waals surface area (Å²) in [5, 5.41) is 4.94. The molecule has 45 heavy (non-hydrogen) atoms. The molecular formula is C36H44ClN3O4S. The molecule has 0 aromatic heterocycles. The van der Waals surface area contributed by atoms with Crippen LogP contribution in [0.3, 0.4) is 0 Å². The second-order valence-electron chi connectivity index (χ2n) is 12.4. The fourth-order valence-electron chi connectivity index (χ4n) is 7.80. The van der Waals surface area contributed by atoms with E-state index >= 15 is 0 Å². The van der Waals surface area contributed by atoms with E-state index in [1.807, 2.05) is 24.3 Å². The molecule has 9 heteroatoms. The maximum Gasteiger partial charge on any atom is 0.173 e. The van der Waals surface area contributed by atoms with Gasteiger partial charge in [-0.1, -0.05) is 24.9 Å². The van der Waals surface area contributed by atoms with E-state index in [2.05, 4.69) is 46.3 Å². The standard InChI is InChI=1S/C36H44ClN3O4S/c1-6-22-21-39-13-11-23-17-32(41-2)34(43-4)19-28(23)30(39)15-25(22)16-31-29-20-35(44-5)33(42-3)18-24(29)12-14-40(31)36(45)38-27-9-7-26(37)8-10-27/h7-10,17-20,22,25,30-31H,6,11-16,21H2,1-5H3,(H,38,45). The van der Waals surface area contributed by atoms with Crippen molar-refractivity contribution >= 4 is 34.6 Å². The minimum Gasteiger partial charge on any atom is -0.493 e. The largest absolute Gasteiger partial charge is 0.493 e. The Labute approximate surface area is 277 Å². The normalized spacial score (nSPS) is 22.5. The summed E-state index contributed by atoms with van der Waals surface area (Å²) < 4.78 is 22.9. The van der Waals surface area contributed by atoms with Crippen LogP contribution >= 0.6 is 23.8 Å². The molecule has 4 atom stereocenters. The number of fused-ring (bicyclic) bond motifs is 4. The topological polar surface area (TPSA) is 55.4 Å². The Bertz CT molecular complexity index is 1530. The number of hydrogen-bond donors (Lipinski definition) is 1. The molecule has 0 bridgehead atoms. The van der Waals surface area contributed by atoms with Crippen molar-refractivity contribution in [1.82, 2.24) is 9.80 Å². The van der Waals surface area contributed by atoms with Crippen molar-refractivity contribution in [3.8, 4) is 23.0 Å². The summed E-state index contributed by atoms with van der Waals surface area (Å²) in [5.74, 6) is 4.23. The number of nitrogens with zero attached hydrogens (tertiary/aromatic N) is 2. The number of hydrogen-bond acceptors (Lipinski definition) is 6. The molecule has 7 nitrogen and oxygen atoms in total. The molecule has 1 N–H and O–H groups in total. The number of anilines is 1. The Morgan fingerprint density at radius 3 is 2.02 bits per heavy atom. The van der Waals surface area contributed by atoms with Crippen LogP contribution in [0, 0.1) is 11.8 Å². The quantitative estimate of drug-likeness (QED) is 0.249. The van der Waals surface area contributed by atoms with Gasteiger partial charge >= 0.3 is 0 Å². The molecule has 0 radical (unpaired) electrons. The molecule has 1 saturated heterocycles. The monoisotopic (exact) mass is 649 g/mol. The summed E-state index contributed by atoms with van der Waals surface area (Å²) >= 11 is 12.3. The van der Waals surface area contributed by atoms with Crippen molar-refractivity contribution in [2.24, 2.45) is 11.8 Å². The smallest absolute Gasteiger partial charge is 0.173 e. The Hall–Kier alpha value is -3.20. The predicted octanol–water partition coefficient (Wildman–Crippen LogP) is 7.71. The van der Waals surface area contributed by atoms with Crippen LogP contribution in [0.2, 0.25) is 5.02 Å². The number of nitrogens with one attached hydrogen (secondary N) is 1. The molecule has 3 aliphatic rings. The third-order valence-electron chi connectivity index (χ3n) is 10.2. The molecular weight excluding hydrogens is 606 g/mol. The van der Waals surface area contributed by atoms with Gasteiger partial charge in [-0.15, -0.1) is 0 Å². The Kier molecular flexibility index (Phi) is 9.64. The molecule has 6 rings (SSSR count). The van der Waals surface area contributed by atoms with Crippen molar-refractivity contribution in [3.05, 3.63) is 75.8 Å². The number of ether oxygens (including phenoxy) is 4. The summed E-state index contributed by atoms with van der Waals surface area (Å²) in [6, 6.07) is 16.9. The van der Waals surface area contributed by atoms with E-state index in [1.54, 1.807) is 28.4 Å². The fraction of sp³-hybridized carbons (Fsp3) is 0.472. The summed E-state index contributed by atoms with van der Waals surface area (Å²) in [4.78, 5) is 5.09. The lowest BCUT2D eigenvalue weighted by atomic mass is 9.72. The van der Waals surface area contributed by atoms with Gasteiger partial charge in [0.1, 0.15) is 0 Å². The van der Waals surface area contributed by atoms with Gasteiger partial charge in [0.05, 0.1) is 34.5 Å². The van der Waals surface area contributed by atoms with Crippen LogP contribution in [0.15, 0.2) is 48.5 Å². The zero-order chi connectivity index (χ0) is 31.7. The summed E-state index contributed by atoms with van der Waals surface area (Å²) in [6.45, 7) is 5.34. The fourth-order valence-corrected chi connectivity index (χ4v) is 8.26. The highest BCUT2D eigenvalue weighted by molar-refractivity contribution is 7.80. The maximum absolute atomic E-state index is 6.17. The van der Waals surface area contributed by atoms with E-state index in [0.29, 0.717) is 22.9 Å². The van der Waals surface area contributed by atoms with Gasteiger partial charge in [-0.25, -0.2) is 0 Å². The number of rotatable bonds is 8. The average Bonchev–Trinajstić information content (AvgIpc) is 3.07. The van der Waals surface area contributed by atoms with Crippen LogP contribution in [0.1, 0.15) is 60.5 Å². The molecule has 0 aliphatic carbocycles. The van der Waals surface area contributed by atoms with Crippen LogP contribution in [-0.4, -0.2) is 63.0 Å². The minimum atomic E-state index is 0.0971. The Morgan fingerprint density at radius 1 is 0.822 bits per heavy atom. The van der Waals surface area contributed by atoms with Crippen molar-refractivity contribution < 1.29 is 18.9 Å². The third-order valence-corrected chi connectivity index (χ3v) is 10.8. The molecule has 3 aliphatic heterocycles. The number of piperidine rings is 1. The molecule has 0 spiro atoms. The molecule has 1 fully saturated rings. The van der Waals surface area contributed by atoms with Crippen molar-refractivity contribution in [2.75, 3.05) is 53.4 Å². The summed E-state index contributed by atoms with van der Waals surface area (Å²) in [5.41, 5.74) is 6.26. The van der Waals surface area contributed by atoms with Crippen LogP contribution in [0.25, 0.3) is 0 Å². The van der Waals surface area contributed by atoms with E-state index < -0.39 is 0 Å². The molecule has 240 valence electrons. The molecule has 3 aromatic rings. The predicted molar refractivity (Wildman–Crippen MR) is 184 cm³/mol. The lowest BCUT2D eigenvalue weighted by Gasteiger charge is -2.49. The van der Waals surface area contributed by atoms with Crippen LogP contribution in [-0.2, 0) is 12.8 Å². The summed E-state index contributed by atoms with van der Waals surface area (Å²) in [7, 11) is 6.85. The van der Waals surface area contributed by atoms with Crippen LogP contribution in [0.5, 0.6) is 23.0 Å². The van der Waals surface area contributed by atoms with E-state index in [4.69, 9.17) is 42.8 Å². The SMILES string of the molecule is CCC1CN2CCc3cc(OC)c(OC)cc3C2CC1CC1c2cc(OC)c(OC)cc2CCN1C(=S)Nc1ccc(Cl)cc1. The van der Waals surface area contributed by atoms with Gasteiger partial charge in [0.25, 0.3) is 0 Å². The van der Waals surface area contributed by atoms with E-state index in [9.17, 15) is 0 Å². The molecule has 0 amide bonds. The number of halogens is 1. The minimum absolute atomic E-state index is 0.0971. The summed E-state index contributed by atoms with van der Waals surface area (Å²) in [6.07, 6.45) is 5.14. The van der Waals surface area contributed by atoms with Crippen molar-refractivity contribution in [3.63, 3.8) is 0 Å². The van der Waals surface area contributed by atoms with Gasteiger partial charge in [-0.2, -0.15) is 0 Å². The first-order valence-corrected chi connectivity index (χ1v) is 16.7. The van der Waals surface area contributed by atoms with Gasteiger partial charge < -0.3 is 29.2 Å². The van der Waals surface area contributed by atoms with Gasteiger partial charge in [0.2, 0.25) is 0 Å². The zero-order valence-electron chi connectivity index (χ0n) is 26.9. The zero-order valence-corrected chi connectivity index (χ0v) is 28.5. The van der Waals surface area contributed by atoms with Crippen molar-refractivity contribution in [2.45, 2.75) is 51.1 Å². The van der Waals surface area contributed by atoms with E-state index in [-0.39, 0.29) is 6.04 Å². The highest BCUT2D eigenvalue weighted by atomic mass is 35.5.